The van der Waals surface area contributed by atoms with Crippen LogP contribution in [0.3, 0.4) is 0 Å². The van der Waals surface area contributed by atoms with Gasteiger partial charge in [-0.15, -0.1) is 5.10 Å². The van der Waals surface area contributed by atoms with Crippen molar-refractivity contribution in [2.24, 2.45) is 0 Å². The van der Waals surface area contributed by atoms with E-state index in [0.29, 0.717) is 26.5 Å². The van der Waals surface area contributed by atoms with Crippen LogP contribution < -0.4 is 4.74 Å². The molecule has 0 saturated carbocycles. The minimum absolute atomic E-state index is 0.124. The maximum Gasteiger partial charge on any atom is 0.359 e. The van der Waals surface area contributed by atoms with E-state index in [-0.39, 0.29) is 5.69 Å². The van der Waals surface area contributed by atoms with Gasteiger partial charge in [0.25, 0.3) is 0 Å². The summed E-state index contributed by atoms with van der Waals surface area (Å²) in [5, 5.41) is 19.0. The molecule has 0 radical (unpaired) electrons. The Kier molecular flexibility index (Phi) is 6.69. The van der Waals surface area contributed by atoms with Crippen LogP contribution in [0.5, 0.6) is 5.75 Å². The number of aromatic carboxylic acids is 1. The lowest BCUT2D eigenvalue weighted by atomic mass is 10.1. The van der Waals surface area contributed by atoms with E-state index in [2.05, 4.69) is 10.3 Å². The zero-order valence-corrected chi connectivity index (χ0v) is 19.2. The van der Waals surface area contributed by atoms with Crippen LogP contribution in [0.2, 0.25) is 10.0 Å². The third-order valence-electron chi connectivity index (χ3n) is 4.70. The lowest BCUT2D eigenvalue weighted by Crippen LogP contribution is -2.05. The van der Waals surface area contributed by atoms with E-state index in [1.807, 2.05) is 66.7 Å². The van der Waals surface area contributed by atoms with Crippen LogP contribution in [0.25, 0.3) is 11.1 Å². The highest BCUT2D eigenvalue weighted by atomic mass is 35.5. The maximum atomic E-state index is 11.7. The van der Waals surface area contributed by atoms with E-state index >= 15 is 0 Å². The number of benzene rings is 3. The van der Waals surface area contributed by atoms with Gasteiger partial charge in [-0.2, -0.15) is 0 Å². The largest absolute Gasteiger partial charge is 0.497 e. The number of aromatic nitrogens is 3. The van der Waals surface area contributed by atoms with E-state index in [0.717, 1.165) is 22.4 Å². The summed E-state index contributed by atoms with van der Waals surface area (Å²) in [7, 11) is 1.60. The van der Waals surface area contributed by atoms with Crippen molar-refractivity contribution in [2.45, 2.75) is 16.5 Å². The summed E-state index contributed by atoms with van der Waals surface area (Å²) in [4.78, 5) is 12.4. The van der Waals surface area contributed by atoms with E-state index in [9.17, 15) is 9.90 Å². The highest BCUT2D eigenvalue weighted by molar-refractivity contribution is 7.99. The quantitative estimate of drug-likeness (QED) is 0.337. The second-order valence-corrected chi connectivity index (χ2v) is 8.68. The molecule has 4 aromatic rings. The summed E-state index contributed by atoms with van der Waals surface area (Å²) < 4.78 is 6.74. The fourth-order valence-corrected chi connectivity index (χ4v) is 4.41. The monoisotopic (exact) mass is 485 g/mol. The van der Waals surface area contributed by atoms with Gasteiger partial charge in [0.15, 0.2) is 0 Å². The van der Waals surface area contributed by atoms with Crippen molar-refractivity contribution < 1.29 is 14.6 Å². The Hall–Kier alpha value is -3.00. The van der Waals surface area contributed by atoms with Crippen LogP contribution in [-0.2, 0) is 6.54 Å². The molecule has 32 heavy (non-hydrogen) atoms. The number of rotatable bonds is 7. The SMILES string of the molecule is COc1ccc(Cn2nnc(C(=O)O)c2Sc2ccc(-c3ccc(Cl)cc3)cc2Cl)cc1. The first kappa shape index (κ1) is 22.2. The van der Waals surface area contributed by atoms with Gasteiger partial charge in [-0.05, 0) is 53.1 Å². The number of hydrogen-bond acceptors (Lipinski definition) is 5. The fraction of sp³-hybridized carbons (Fsp3) is 0.0870. The third kappa shape index (κ3) is 4.91. The molecule has 0 amide bonds. The van der Waals surface area contributed by atoms with E-state index in [1.165, 1.54) is 11.8 Å². The molecular formula is C23H17Cl2N3O3S. The number of nitrogens with zero attached hydrogens (tertiary/aromatic N) is 3. The van der Waals surface area contributed by atoms with Crippen LogP contribution in [0.15, 0.2) is 76.7 Å². The lowest BCUT2D eigenvalue weighted by Gasteiger charge is -2.10. The summed E-state index contributed by atoms with van der Waals surface area (Å²) in [5.74, 6) is -0.414. The number of carbonyl (C=O) groups is 1. The number of hydrogen-bond donors (Lipinski definition) is 1. The average molecular weight is 486 g/mol. The predicted octanol–water partition coefficient (Wildman–Crippen LogP) is 6.16. The molecule has 3 aromatic carbocycles. The average Bonchev–Trinajstić information content (AvgIpc) is 3.18. The summed E-state index contributed by atoms with van der Waals surface area (Å²) >= 11 is 13.7. The molecule has 0 aliphatic heterocycles. The van der Waals surface area contributed by atoms with Crippen molar-refractivity contribution >= 4 is 40.9 Å². The van der Waals surface area contributed by atoms with Gasteiger partial charge in [0.1, 0.15) is 10.8 Å². The van der Waals surface area contributed by atoms with Gasteiger partial charge in [-0.25, -0.2) is 9.48 Å². The maximum absolute atomic E-state index is 11.7. The Bertz CT molecular complexity index is 1260. The van der Waals surface area contributed by atoms with E-state index in [1.54, 1.807) is 11.8 Å². The molecule has 9 heteroatoms. The second kappa shape index (κ2) is 9.65. The van der Waals surface area contributed by atoms with Crippen molar-refractivity contribution in [3.8, 4) is 16.9 Å². The van der Waals surface area contributed by atoms with Gasteiger partial charge in [0.2, 0.25) is 5.69 Å². The zero-order chi connectivity index (χ0) is 22.7. The zero-order valence-electron chi connectivity index (χ0n) is 16.8. The predicted molar refractivity (Wildman–Crippen MR) is 125 cm³/mol. The van der Waals surface area contributed by atoms with Crippen molar-refractivity contribution in [3.63, 3.8) is 0 Å². The topological polar surface area (TPSA) is 77.2 Å². The van der Waals surface area contributed by atoms with Crippen LogP contribution >= 0.6 is 35.0 Å². The first-order valence-electron chi connectivity index (χ1n) is 9.47. The Labute approximate surface area is 198 Å². The van der Waals surface area contributed by atoms with Crippen molar-refractivity contribution in [3.05, 3.63) is 88.0 Å². The number of ether oxygens (including phenoxy) is 1. The van der Waals surface area contributed by atoms with Crippen molar-refractivity contribution in [2.75, 3.05) is 7.11 Å². The third-order valence-corrected chi connectivity index (χ3v) is 6.55. The number of carboxylic acid groups (broad SMARTS) is 1. The van der Waals surface area contributed by atoms with Gasteiger partial charge >= 0.3 is 5.97 Å². The smallest absolute Gasteiger partial charge is 0.359 e. The fourth-order valence-electron chi connectivity index (χ4n) is 3.06. The molecule has 0 aliphatic rings. The molecule has 0 atom stereocenters. The van der Waals surface area contributed by atoms with Crippen LogP contribution in [0, 0.1) is 0 Å². The summed E-state index contributed by atoms with van der Waals surface area (Å²) in [6, 6.07) is 20.5. The van der Waals surface area contributed by atoms with Gasteiger partial charge in [0, 0.05) is 9.92 Å². The standard InChI is InChI=1S/C23H17Cl2N3O3S/c1-31-18-9-2-14(3-10-18)13-28-22(21(23(29)30)26-27-28)32-20-11-6-16(12-19(20)25)15-4-7-17(24)8-5-15/h2-12H,13H2,1H3,(H,29,30). The molecule has 1 heterocycles. The molecule has 1 aromatic heterocycles. The highest BCUT2D eigenvalue weighted by Crippen LogP contribution is 2.37. The molecule has 0 aliphatic carbocycles. The first-order valence-corrected chi connectivity index (χ1v) is 11.0. The van der Waals surface area contributed by atoms with Gasteiger partial charge < -0.3 is 9.84 Å². The van der Waals surface area contributed by atoms with Crippen LogP contribution in [0.1, 0.15) is 16.1 Å². The minimum Gasteiger partial charge on any atom is -0.497 e. The van der Waals surface area contributed by atoms with Crippen molar-refractivity contribution in [1.82, 2.24) is 15.0 Å². The second-order valence-electron chi connectivity index (χ2n) is 6.81. The Morgan fingerprint density at radius 3 is 2.34 bits per heavy atom. The number of carboxylic acids is 1. The Morgan fingerprint density at radius 1 is 1.03 bits per heavy atom. The molecule has 0 fully saturated rings. The molecule has 4 rings (SSSR count). The highest BCUT2D eigenvalue weighted by Gasteiger charge is 2.21. The summed E-state index contributed by atoms with van der Waals surface area (Å²) in [6.07, 6.45) is 0. The molecular weight excluding hydrogens is 469 g/mol. The molecule has 0 spiro atoms. The summed E-state index contributed by atoms with van der Waals surface area (Å²) in [5.41, 5.74) is 2.71. The molecule has 6 nitrogen and oxygen atoms in total. The molecule has 162 valence electrons. The Morgan fingerprint density at radius 2 is 1.72 bits per heavy atom. The Balaban J connectivity index is 1.63. The van der Waals surface area contributed by atoms with Gasteiger partial charge in [-0.1, -0.05) is 70.5 Å². The summed E-state index contributed by atoms with van der Waals surface area (Å²) in [6.45, 7) is 0.354. The van der Waals surface area contributed by atoms with Gasteiger partial charge in [-0.3, -0.25) is 0 Å². The lowest BCUT2D eigenvalue weighted by molar-refractivity contribution is 0.0686. The molecule has 0 unspecified atom stereocenters. The molecule has 0 bridgehead atoms. The number of methoxy groups -OCH3 is 1. The van der Waals surface area contributed by atoms with E-state index in [4.69, 9.17) is 27.9 Å². The van der Waals surface area contributed by atoms with Crippen LogP contribution in [-0.4, -0.2) is 33.2 Å². The molecule has 0 saturated heterocycles. The normalized spacial score (nSPS) is 10.8. The van der Waals surface area contributed by atoms with Crippen molar-refractivity contribution in [1.29, 1.82) is 0 Å². The molecule has 1 N–H and O–H groups in total. The number of halogens is 2. The first-order chi connectivity index (χ1) is 15.4. The van der Waals surface area contributed by atoms with Gasteiger partial charge in [0.05, 0.1) is 18.7 Å². The van der Waals surface area contributed by atoms with Crippen LogP contribution in [0.4, 0.5) is 0 Å². The van der Waals surface area contributed by atoms with E-state index < -0.39 is 5.97 Å². The minimum atomic E-state index is -1.15.